The number of hydrogen-bond acceptors (Lipinski definition) is 5. The van der Waals surface area contributed by atoms with E-state index in [4.69, 9.17) is 0 Å². The van der Waals surface area contributed by atoms with Crippen molar-refractivity contribution >= 4 is 15.7 Å². The molecule has 2 rings (SSSR count). The fourth-order valence-corrected chi connectivity index (χ4v) is 3.79. The first-order valence-electron chi connectivity index (χ1n) is 5.91. The van der Waals surface area contributed by atoms with Crippen LogP contribution in [0.4, 0.5) is 0 Å². The number of hydrogen-bond donors (Lipinski definition) is 3. The number of carbonyl (C=O) groups is 1. The molecule has 1 unspecified atom stereocenters. The summed E-state index contributed by atoms with van der Waals surface area (Å²) in [5.41, 5.74) is -0.231. The summed E-state index contributed by atoms with van der Waals surface area (Å²) < 4.78 is 22.9. The van der Waals surface area contributed by atoms with Gasteiger partial charge in [0, 0.05) is 6.04 Å². The third kappa shape index (κ3) is 3.17. The lowest BCUT2D eigenvalue weighted by Gasteiger charge is -2.23. The first-order chi connectivity index (χ1) is 8.89. The van der Waals surface area contributed by atoms with E-state index < -0.39 is 21.8 Å². The number of benzene rings is 1. The second-order valence-corrected chi connectivity index (χ2v) is 6.83. The minimum Gasteiger partial charge on any atom is -0.507 e. The monoisotopic (exact) mass is 285 g/mol. The van der Waals surface area contributed by atoms with E-state index in [9.17, 15) is 23.4 Å². The van der Waals surface area contributed by atoms with Crippen molar-refractivity contribution in [2.45, 2.75) is 18.9 Å². The normalized spacial score (nSPS) is 21.8. The van der Waals surface area contributed by atoms with Gasteiger partial charge in [0.2, 0.25) is 0 Å². The molecule has 19 heavy (non-hydrogen) atoms. The molecular formula is C12H15NO5S. The van der Waals surface area contributed by atoms with Crippen LogP contribution in [0.2, 0.25) is 0 Å². The zero-order valence-electron chi connectivity index (χ0n) is 10.2. The number of rotatable bonds is 2. The van der Waals surface area contributed by atoms with Crippen LogP contribution in [0.3, 0.4) is 0 Å². The summed E-state index contributed by atoms with van der Waals surface area (Å²) in [4.78, 5) is 11.9. The van der Waals surface area contributed by atoms with Gasteiger partial charge in [-0.1, -0.05) is 6.07 Å². The van der Waals surface area contributed by atoms with Crippen LogP contribution in [0.15, 0.2) is 18.2 Å². The number of aromatic hydroxyl groups is 2. The minimum absolute atomic E-state index is 0.104. The summed E-state index contributed by atoms with van der Waals surface area (Å²) >= 11 is 0. The fraction of sp³-hybridized carbons (Fsp3) is 0.417. The molecule has 0 radical (unpaired) electrons. The van der Waals surface area contributed by atoms with Gasteiger partial charge in [0.05, 0.1) is 11.5 Å². The Morgan fingerprint density at radius 1 is 1.26 bits per heavy atom. The summed E-state index contributed by atoms with van der Waals surface area (Å²) in [6.45, 7) is 0. The van der Waals surface area contributed by atoms with Crippen LogP contribution in [-0.2, 0) is 9.84 Å². The van der Waals surface area contributed by atoms with Gasteiger partial charge in [-0.05, 0) is 25.0 Å². The van der Waals surface area contributed by atoms with Crippen molar-refractivity contribution in [2.24, 2.45) is 0 Å². The van der Waals surface area contributed by atoms with Crippen LogP contribution < -0.4 is 5.32 Å². The van der Waals surface area contributed by atoms with Gasteiger partial charge >= 0.3 is 0 Å². The van der Waals surface area contributed by atoms with E-state index in [1.54, 1.807) is 0 Å². The Kier molecular flexibility index (Phi) is 3.66. The summed E-state index contributed by atoms with van der Waals surface area (Å²) in [6.07, 6.45) is 1.07. The van der Waals surface area contributed by atoms with Crippen LogP contribution in [-0.4, -0.2) is 42.1 Å². The zero-order chi connectivity index (χ0) is 14.0. The predicted molar refractivity (Wildman–Crippen MR) is 68.9 cm³/mol. The molecule has 1 aliphatic heterocycles. The van der Waals surface area contributed by atoms with Crippen molar-refractivity contribution in [2.75, 3.05) is 11.5 Å². The highest BCUT2D eigenvalue weighted by molar-refractivity contribution is 7.91. The zero-order valence-corrected chi connectivity index (χ0v) is 11.0. The van der Waals surface area contributed by atoms with Crippen LogP contribution in [0.25, 0.3) is 0 Å². The maximum atomic E-state index is 11.9. The summed E-state index contributed by atoms with van der Waals surface area (Å²) in [5.74, 6) is -1.31. The van der Waals surface area contributed by atoms with Crippen molar-refractivity contribution < 1.29 is 23.4 Å². The lowest BCUT2D eigenvalue weighted by atomic mass is 10.1. The van der Waals surface area contributed by atoms with Gasteiger partial charge in [0.25, 0.3) is 5.91 Å². The Labute approximate surface area is 111 Å². The molecule has 104 valence electrons. The van der Waals surface area contributed by atoms with Gasteiger partial charge in [0.15, 0.2) is 9.84 Å². The topological polar surface area (TPSA) is 104 Å². The highest BCUT2D eigenvalue weighted by Gasteiger charge is 2.27. The Morgan fingerprint density at radius 2 is 1.89 bits per heavy atom. The van der Waals surface area contributed by atoms with Crippen LogP contribution >= 0.6 is 0 Å². The smallest absolute Gasteiger partial charge is 0.259 e. The van der Waals surface area contributed by atoms with Crippen molar-refractivity contribution in [1.29, 1.82) is 0 Å². The number of amides is 1. The Morgan fingerprint density at radius 3 is 2.47 bits per heavy atom. The third-order valence-electron chi connectivity index (χ3n) is 3.05. The van der Waals surface area contributed by atoms with Gasteiger partial charge in [-0.3, -0.25) is 4.79 Å². The molecule has 1 aromatic carbocycles. The van der Waals surface area contributed by atoms with E-state index in [1.165, 1.54) is 18.2 Å². The van der Waals surface area contributed by atoms with Crippen molar-refractivity contribution in [1.82, 2.24) is 5.32 Å². The molecule has 3 N–H and O–H groups in total. The van der Waals surface area contributed by atoms with Crippen molar-refractivity contribution in [3.63, 3.8) is 0 Å². The minimum atomic E-state index is -3.12. The van der Waals surface area contributed by atoms with E-state index in [0.717, 1.165) is 0 Å². The van der Waals surface area contributed by atoms with Crippen molar-refractivity contribution in [3.05, 3.63) is 23.8 Å². The molecule has 0 spiro atoms. The first kappa shape index (κ1) is 13.7. The van der Waals surface area contributed by atoms with E-state index in [2.05, 4.69) is 5.32 Å². The highest BCUT2D eigenvalue weighted by Crippen LogP contribution is 2.26. The largest absolute Gasteiger partial charge is 0.507 e. The van der Waals surface area contributed by atoms with Gasteiger partial charge in [-0.25, -0.2) is 8.42 Å². The molecular weight excluding hydrogens is 270 g/mol. The van der Waals surface area contributed by atoms with E-state index >= 15 is 0 Å². The van der Waals surface area contributed by atoms with Gasteiger partial charge in [-0.15, -0.1) is 0 Å². The molecule has 1 aromatic rings. The van der Waals surface area contributed by atoms with Crippen LogP contribution in [0, 0.1) is 0 Å². The fourth-order valence-electron chi connectivity index (χ4n) is 2.16. The Hall–Kier alpha value is -1.76. The molecule has 6 nitrogen and oxygen atoms in total. The van der Waals surface area contributed by atoms with E-state index in [0.29, 0.717) is 12.8 Å². The van der Waals surface area contributed by atoms with Crippen LogP contribution in [0.5, 0.6) is 11.5 Å². The SMILES string of the molecule is O=C(NC1CCCS(=O)(=O)C1)c1c(O)cccc1O. The maximum absolute atomic E-state index is 11.9. The van der Waals surface area contributed by atoms with Crippen LogP contribution in [0.1, 0.15) is 23.2 Å². The summed E-state index contributed by atoms with van der Waals surface area (Å²) in [6, 6.07) is 3.50. The Bertz CT molecular complexity index is 576. The molecule has 0 saturated carbocycles. The lowest BCUT2D eigenvalue weighted by molar-refractivity contribution is 0.0933. The Balaban J connectivity index is 2.13. The standard InChI is InChI=1S/C12H15NO5S/c14-9-4-1-5-10(15)11(9)12(16)13-8-3-2-6-19(17,18)7-8/h1,4-5,8,14-15H,2-3,6-7H2,(H,13,16). The molecule has 1 atom stereocenters. The maximum Gasteiger partial charge on any atom is 0.259 e. The van der Waals surface area contributed by atoms with E-state index in [1.807, 2.05) is 0 Å². The second kappa shape index (κ2) is 5.08. The van der Waals surface area contributed by atoms with Gasteiger partial charge < -0.3 is 15.5 Å². The number of phenolic OH excluding ortho intramolecular Hbond substituents is 2. The lowest BCUT2D eigenvalue weighted by Crippen LogP contribution is -2.43. The average molecular weight is 285 g/mol. The summed E-state index contributed by atoms with van der Waals surface area (Å²) in [7, 11) is -3.12. The molecule has 1 fully saturated rings. The molecule has 7 heteroatoms. The van der Waals surface area contributed by atoms with Crippen molar-refractivity contribution in [3.8, 4) is 11.5 Å². The summed E-state index contributed by atoms with van der Waals surface area (Å²) in [5, 5.41) is 21.6. The molecule has 1 saturated heterocycles. The predicted octanol–water partition coefficient (Wildman–Crippen LogP) is 0.405. The number of carbonyl (C=O) groups excluding carboxylic acids is 1. The molecule has 1 heterocycles. The molecule has 1 amide bonds. The molecule has 1 aliphatic rings. The number of sulfone groups is 1. The molecule has 0 aliphatic carbocycles. The second-order valence-electron chi connectivity index (χ2n) is 4.60. The quantitative estimate of drug-likeness (QED) is 0.730. The third-order valence-corrected chi connectivity index (χ3v) is 4.87. The van der Waals surface area contributed by atoms with Gasteiger partial charge in [-0.2, -0.15) is 0 Å². The number of nitrogens with one attached hydrogen (secondary N) is 1. The molecule has 0 aromatic heterocycles. The van der Waals surface area contributed by atoms with Gasteiger partial charge in [0.1, 0.15) is 17.1 Å². The highest BCUT2D eigenvalue weighted by atomic mass is 32.2. The number of phenols is 2. The average Bonchev–Trinajstić information content (AvgIpc) is 2.27. The first-order valence-corrected chi connectivity index (χ1v) is 7.73. The van der Waals surface area contributed by atoms with E-state index in [-0.39, 0.29) is 28.6 Å². The molecule has 0 bridgehead atoms.